The van der Waals surface area contributed by atoms with Crippen LogP contribution in [-0.2, 0) is 10.8 Å². The van der Waals surface area contributed by atoms with E-state index in [1.54, 1.807) is 43.5 Å². The second kappa shape index (κ2) is 8.19. The number of benzene rings is 3. The van der Waals surface area contributed by atoms with Gasteiger partial charge < -0.3 is 14.2 Å². The molecule has 0 bridgehead atoms. The van der Waals surface area contributed by atoms with Gasteiger partial charge in [-0.2, -0.15) is 0 Å². The fourth-order valence-corrected chi connectivity index (χ4v) is 4.75. The highest BCUT2D eigenvalue weighted by atomic mass is 32.2. The molecule has 0 amide bonds. The maximum Gasteiger partial charge on any atom is 0.152 e. The van der Waals surface area contributed by atoms with Gasteiger partial charge in [0.25, 0.3) is 0 Å². The summed E-state index contributed by atoms with van der Waals surface area (Å²) < 4.78 is 44.2. The molecular formula is C25H23FO4S. The van der Waals surface area contributed by atoms with Crippen molar-refractivity contribution in [2.45, 2.75) is 31.3 Å². The lowest BCUT2D eigenvalue weighted by Gasteiger charge is -2.21. The van der Waals surface area contributed by atoms with E-state index in [1.165, 1.54) is 12.1 Å². The molecule has 3 aromatic carbocycles. The van der Waals surface area contributed by atoms with Crippen LogP contribution >= 0.6 is 0 Å². The van der Waals surface area contributed by atoms with Crippen molar-refractivity contribution < 1.29 is 22.8 Å². The Bertz CT molecular complexity index is 1160. The SMILES string of the molecule is COc1ccc2c(c1)S(=O)C(c1ccc(F)cc1)=C2Oc1ccc(OC(C)(C)C)cc1. The van der Waals surface area contributed by atoms with Gasteiger partial charge >= 0.3 is 0 Å². The summed E-state index contributed by atoms with van der Waals surface area (Å²) in [6.45, 7) is 5.95. The summed E-state index contributed by atoms with van der Waals surface area (Å²) in [5.41, 5.74) is 1.05. The van der Waals surface area contributed by atoms with Crippen molar-refractivity contribution >= 4 is 21.5 Å². The minimum Gasteiger partial charge on any atom is -0.497 e. The molecule has 4 nitrogen and oxygen atoms in total. The average molecular weight is 439 g/mol. The van der Waals surface area contributed by atoms with E-state index in [1.807, 2.05) is 39.0 Å². The number of methoxy groups -OCH3 is 1. The minimum absolute atomic E-state index is 0.305. The summed E-state index contributed by atoms with van der Waals surface area (Å²) >= 11 is 0. The van der Waals surface area contributed by atoms with E-state index in [0.717, 1.165) is 5.75 Å². The van der Waals surface area contributed by atoms with E-state index in [2.05, 4.69) is 0 Å². The molecule has 4 rings (SSSR count). The van der Waals surface area contributed by atoms with Crippen molar-refractivity contribution in [2.75, 3.05) is 7.11 Å². The number of halogens is 1. The Labute approximate surface area is 183 Å². The summed E-state index contributed by atoms with van der Waals surface area (Å²) in [4.78, 5) is 1.10. The van der Waals surface area contributed by atoms with Gasteiger partial charge in [-0.05, 0) is 80.9 Å². The van der Waals surface area contributed by atoms with Gasteiger partial charge in [0.2, 0.25) is 0 Å². The Morgan fingerprint density at radius 1 is 0.839 bits per heavy atom. The minimum atomic E-state index is -1.50. The Morgan fingerprint density at radius 3 is 2.06 bits per heavy atom. The Morgan fingerprint density at radius 2 is 1.45 bits per heavy atom. The third kappa shape index (κ3) is 4.49. The number of rotatable bonds is 5. The van der Waals surface area contributed by atoms with E-state index >= 15 is 0 Å². The van der Waals surface area contributed by atoms with Crippen molar-refractivity contribution in [1.29, 1.82) is 0 Å². The van der Waals surface area contributed by atoms with Crippen LogP contribution in [0.15, 0.2) is 71.6 Å². The molecule has 160 valence electrons. The number of ether oxygens (including phenoxy) is 3. The molecule has 1 aliphatic rings. The van der Waals surface area contributed by atoms with Crippen molar-refractivity contribution in [1.82, 2.24) is 0 Å². The first-order chi connectivity index (χ1) is 14.7. The van der Waals surface area contributed by atoms with Gasteiger partial charge in [0.15, 0.2) is 5.76 Å². The monoisotopic (exact) mass is 438 g/mol. The van der Waals surface area contributed by atoms with E-state index in [4.69, 9.17) is 14.2 Å². The third-order valence-corrected chi connectivity index (χ3v) is 6.13. The van der Waals surface area contributed by atoms with Crippen LogP contribution in [0.5, 0.6) is 17.2 Å². The smallest absolute Gasteiger partial charge is 0.152 e. The molecule has 1 atom stereocenters. The van der Waals surface area contributed by atoms with Gasteiger partial charge in [-0.1, -0.05) is 12.1 Å². The van der Waals surface area contributed by atoms with Gasteiger partial charge in [-0.3, -0.25) is 0 Å². The summed E-state index contributed by atoms with van der Waals surface area (Å²) in [7, 11) is 0.0630. The van der Waals surface area contributed by atoms with Crippen LogP contribution in [0, 0.1) is 5.82 Å². The van der Waals surface area contributed by atoms with E-state index in [9.17, 15) is 8.60 Å². The zero-order chi connectivity index (χ0) is 22.2. The largest absolute Gasteiger partial charge is 0.497 e. The third-order valence-electron chi connectivity index (χ3n) is 4.60. The summed E-state index contributed by atoms with van der Waals surface area (Å²) in [6, 6.07) is 18.6. The van der Waals surface area contributed by atoms with Gasteiger partial charge in [0.1, 0.15) is 28.7 Å². The second-order valence-electron chi connectivity index (χ2n) is 8.08. The van der Waals surface area contributed by atoms with Crippen LogP contribution in [0.1, 0.15) is 31.9 Å². The maximum absolute atomic E-state index is 13.5. The predicted octanol–water partition coefficient (Wildman–Crippen LogP) is 6.04. The van der Waals surface area contributed by atoms with Gasteiger partial charge in [0, 0.05) is 5.56 Å². The van der Waals surface area contributed by atoms with Gasteiger partial charge in [-0.25, -0.2) is 8.60 Å². The summed E-state index contributed by atoms with van der Waals surface area (Å²) in [5, 5.41) is 0. The molecule has 1 aliphatic heterocycles. The molecule has 31 heavy (non-hydrogen) atoms. The molecule has 0 N–H and O–H groups in total. The van der Waals surface area contributed by atoms with Crippen LogP contribution in [-0.4, -0.2) is 16.9 Å². The maximum atomic E-state index is 13.5. The normalized spacial score (nSPS) is 15.6. The first-order valence-corrected chi connectivity index (χ1v) is 11.0. The lowest BCUT2D eigenvalue weighted by Crippen LogP contribution is -2.22. The lowest BCUT2D eigenvalue weighted by atomic mass is 10.1. The zero-order valence-corrected chi connectivity index (χ0v) is 18.6. The summed E-state index contributed by atoms with van der Waals surface area (Å²) in [5.74, 6) is 2.04. The van der Waals surface area contributed by atoms with Crippen LogP contribution in [0.4, 0.5) is 4.39 Å². The van der Waals surface area contributed by atoms with Gasteiger partial charge in [-0.15, -0.1) is 0 Å². The molecule has 0 aromatic heterocycles. The first kappa shape index (κ1) is 21.1. The first-order valence-electron chi connectivity index (χ1n) is 9.82. The van der Waals surface area contributed by atoms with E-state index < -0.39 is 10.8 Å². The molecule has 0 spiro atoms. The predicted molar refractivity (Wildman–Crippen MR) is 120 cm³/mol. The number of hydrogen-bond donors (Lipinski definition) is 0. The van der Waals surface area contributed by atoms with Crippen molar-refractivity contribution in [2.24, 2.45) is 0 Å². The zero-order valence-electron chi connectivity index (χ0n) is 17.8. The van der Waals surface area contributed by atoms with E-state index in [0.29, 0.717) is 38.2 Å². The quantitative estimate of drug-likeness (QED) is 0.487. The Balaban J connectivity index is 1.75. The average Bonchev–Trinajstić information content (AvgIpc) is 3.00. The fourth-order valence-electron chi connectivity index (χ4n) is 3.27. The van der Waals surface area contributed by atoms with Crippen LogP contribution in [0.3, 0.4) is 0 Å². The van der Waals surface area contributed by atoms with Crippen LogP contribution < -0.4 is 14.2 Å². The fraction of sp³-hybridized carbons (Fsp3) is 0.200. The molecule has 1 heterocycles. The lowest BCUT2D eigenvalue weighted by molar-refractivity contribution is 0.131. The number of fused-ring (bicyclic) bond motifs is 1. The highest BCUT2D eigenvalue weighted by Gasteiger charge is 2.32. The molecular weight excluding hydrogens is 415 g/mol. The molecule has 0 saturated carbocycles. The van der Waals surface area contributed by atoms with Gasteiger partial charge in [0.05, 0.1) is 27.7 Å². The van der Waals surface area contributed by atoms with Crippen LogP contribution in [0.25, 0.3) is 10.7 Å². The topological polar surface area (TPSA) is 44.8 Å². The molecule has 6 heteroatoms. The molecule has 3 aromatic rings. The highest BCUT2D eigenvalue weighted by molar-refractivity contribution is 7.95. The van der Waals surface area contributed by atoms with Crippen LogP contribution in [0.2, 0.25) is 0 Å². The second-order valence-corrected chi connectivity index (χ2v) is 9.47. The Hall–Kier alpha value is -3.12. The molecule has 0 aliphatic carbocycles. The standard InChI is InChI=1S/C25H23FO4S/c1-25(2,3)30-19-11-9-18(10-12-19)29-23-21-14-13-20(28-4)15-22(21)31(27)24(23)16-5-7-17(26)8-6-16/h5-15H,1-4H3. The van der Waals surface area contributed by atoms with Crippen molar-refractivity contribution in [3.63, 3.8) is 0 Å². The van der Waals surface area contributed by atoms with Crippen molar-refractivity contribution in [3.8, 4) is 17.2 Å². The van der Waals surface area contributed by atoms with Crippen molar-refractivity contribution in [3.05, 3.63) is 83.7 Å². The highest BCUT2D eigenvalue weighted by Crippen LogP contribution is 2.44. The molecule has 0 fully saturated rings. The molecule has 0 radical (unpaired) electrons. The number of hydrogen-bond acceptors (Lipinski definition) is 4. The molecule has 0 saturated heterocycles. The van der Waals surface area contributed by atoms with E-state index in [-0.39, 0.29) is 11.4 Å². The summed E-state index contributed by atoms with van der Waals surface area (Å²) in [6.07, 6.45) is 0. The molecule has 1 unspecified atom stereocenters. The Kier molecular flexibility index (Phi) is 5.58.